The lowest BCUT2D eigenvalue weighted by molar-refractivity contribution is -0.121. The number of aryl methyl sites for hydroxylation is 1. The maximum atomic E-state index is 12.7. The molecule has 8 heteroatoms. The Labute approximate surface area is 187 Å². The molecule has 0 saturated carbocycles. The third-order valence-electron chi connectivity index (χ3n) is 6.43. The van der Waals surface area contributed by atoms with Gasteiger partial charge >= 0.3 is 0 Å². The van der Waals surface area contributed by atoms with Gasteiger partial charge in [0.05, 0.1) is 5.52 Å². The van der Waals surface area contributed by atoms with E-state index in [1.165, 1.54) is 0 Å². The van der Waals surface area contributed by atoms with Gasteiger partial charge in [0.25, 0.3) is 0 Å². The predicted molar refractivity (Wildman–Crippen MR) is 127 cm³/mol. The molecule has 1 aliphatic rings. The van der Waals surface area contributed by atoms with Crippen LogP contribution in [0.25, 0.3) is 33.3 Å². The minimum absolute atomic E-state index is 0.0509. The van der Waals surface area contributed by atoms with Gasteiger partial charge in [0, 0.05) is 40.9 Å². The number of rotatable bonds is 4. The molecule has 166 valence electrons. The fraction of sp³-hybridized carbons (Fsp3) is 0.417. The Morgan fingerprint density at radius 2 is 2.00 bits per heavy atom. The molecule has 4 aromatic heterocycles. The summed E-state index contributed by atoms with van der Waals surface area (Å²) in [6.45, 7) is 8.23. The van der Waals surface area contributed by atoms with Gasteiger partial charge in [-0.05, 0) is 71.9 Å². The third kappa shape index (κ3) is 3.64. The number of amides is 1. The number of aromatic amines is 1. The molecule has 0 spiro atoms. The minimum Gasteiger partial charge on any atom is -0.345 e. The van der Waals surface area contributed by atoms with Crippen molar-refractivity contribution in [2.75, 3.05) is 25.5 Å². The van der Waals surface area contributed by atoms with Crippen LogP contribution in [0, 0.1) is 12.8 Å². The molecule has 2 N–H and O–H groups in total. The van der Waals surface area contributed by atoms with E-state index in [1.807, 2.05) is 31.5 Å². The average molecular weight is 432 g/mol. The van der Waals surface area contributed by atoms with E-state index in [0.717, 1.165) is 65.1 Å². The molecule has 0 unspecified atom stereocenters. The first-order valence-corrected chi connectivity index (χ1v) is 11.2. The fourth-order valence-electron chi connectivity index (χ4n) is 4.70. The average Bonchev–Trinajstić information content (AvgIpc) is 3.33. The van der Waals surface area contributed by atoms with Crippen LogP contribution >= 0.6 is 0 Å². The van der Waals surface area contributed by atoms with Crippen molar-refractivity contribution >= 4 is 33.9 Å². The van der Waals surface area contributed by atoms with Crippen molar-refractivity contribution < 1.29 is 4.79 Å². The van der Waals surface area contributed by atoms with Crippen LogP contribution in [0.15, 0.2) is 30.6 Å². The van der Waals surface area contributed by atoms with Crippen molar-refractivity contribution in [3.63, 3.8) is 0 Å². The van der Waals surface area contributed by atoms with Crippen molar-refractivity contribution in [2.45, 2.75) is 39.7 Å². The molecule has 32 heavy (non-hydrogen) atoms. The van der Waals surface area contributed by atoms with Gasteiger partial charge in [0.15, 0.2) is 5.65 Å². The van der Waals surface area contributed by atoms with Crippen molar-refractivity contribution in [2.24, 2.45) is 5.92 Å². The number of nitrogens with zero attached hydrogens (tertiary/aromatic N) is 5. The largest absolute Gasteiger partial charge is 0.345 e. The normalized spacial score (nSPS) is 15.8. The SMILES string of the molecule is Cc1nc2ncc(-c3c[nH]c4nc(NC(=O)C5CCN(C)CC5)ccc34)cc2n1C(C)C. The zero-order valence-electron chi connectivity index (χ0n) is 19.0. The maximum Gasteiger partial charge on any atom is 0.228 e. The van der Waals surface area contributed by atoms with E-state index in [4.69, 9.17) is 0 Å². The summed E-state index contributed by atoms with van der Waals surface area (Å²) in [7, 11) is 2.09. The summed E-state index contributed by atoms with van der Waals surface area (Å²) in [4.78, 5) is 32.0. The van der Waals surface area contributed by atoms with Crippen LogP contribution in [0.4, 0.5) is 5.82 Å². The Kier molecular flexibility index (Phi) is 5.17. The molecule has 4 aromatic rings. The highest BCUT2D eigenvalue weighted by molar-refractivity contribution is 5.97. The number of piperidine rings is 1. The first kappa shape index (κ1) is 20.6. The summed E-state index contributed by atoms with van der Waals surface area (Å²) in [5, 5.41) is 4.00. The standard InChI is InChI=1S/C24H29N7O/c1-14(2)31-15(3)27-23-20(31)11-17(12-25-23)19-13-26-22-18(19)5-6-21(28-22)29-24(32)16-7-9-30(4)10-8-16/h5-6,11-14,16H,7-10H2,1-4H3,(H2,26,28,29,32). The number of carbonyl (C=O) groups excluding carboxylic acids is 1. The molecule has 5 heterocycles. The predicted octanol–water partition coefficient (Wildman–Crippen LogP) is 4.14. The molecule has 8 nitrogen and oxygen atoms in total. The van der Waals surface area contributed by atoms with Gasteiger partial charge in [-0.3, -0.25) is 4.79 Å². The van der Waals surface area contributed by atoms with Crippen LogP contribution in [0.5, 0.6) is 0 Å². The summed E-state index contributed by atoms with van der Waals surface area (Å²) in [6, 6.07) is 6.33. The van der Waals surface area contributed by atoms with Crippen LogP contribution in [0.2, 0.25) is 0 Å². The number of H-pyrrole nitrogens is 1. The minimum atomic E-state index is 0.0509. The second-order valence-electron chi connectivity index (χ2n) is 9.05. The Morgan fingerprint density at radius 3 is 2.75 bits per heavy atom. The van der Waals surface area contributed by atoms with Gasteiger partial charge in [-0.15, -0.1) is 0 Å². The third-order valence-corrected chi connectivity index (χ3v) is 6.43. The molecule has 0 aromatic carbocycles. The molecular weight excluding hydrogens is 402 g/mol. The zero-order chi connectivity index (χ0) is 22.4. The highest BCUT2D eigenvalue weighted by Gasteiger charge is 2.24. The second kappa shape index (κ2) is 8.02. The molecule has 0 bridgehead atoms. The van der Waals surface area contributed by atoms with Gasteiger partial charge < -0.3 is 19.8 Å². The molecule has 1 fully saturated rings. The Balaban J connectivity index is 1.43. The van der Waals surface area contributed by atoms with Gasteiger partial charge in [-0.2, -0.15) is 0 Å². The number of likely N-dealkylation sites (tertiary alicyclic amines) is 1. The number of aromatic nitrogens is 5. The number of anilines is 1. The number of imidazole rings is 1. The highest BCUT2D eigenvalue weighted by atomic mass is 16.1. The molecule has 0 atom stereocenters. The van der Waals surface area contributed by atoms with Gasteiger partial charge in [-0.1, -0.05) is 0 Å². The quantitative estimate of drug-likeness (QED) is 0.507. The molecule has 1 amide bonds. The van der Waals surface area contributed by atoms with Crippen molar-refractivity contribution in [3.05, 3.63) is 36.4 Å². The van der Waals surface area contributed by atoms with Crippen molar-refractivity contribution in [1.82, 2.24) is 29.4 Å². The number of pyridine rings is 2. The zero-order valence-corrected chi connectivity index (χ0v) is 19.0. The summed E-state index contributed by atoms with van der Waals surface area (Å²) in [5.41, 5.74) is 4.57. The summed E-state index contributed by atoms with van der Waals surface area (Å²) in [5.74, 6) is 1.65. The molecule has 0 radical (unpaired) electrons. The van der Waals surface area contributed by atoms with E-state index in [9.17, 15) is 4.79 Å². The number of hydrogen-bond acceptors (Lipinski definition) is 5. The smallest absolute Gasteiger partial charge is 0.228 e. The number of carbonyl (C=O) groups is 1. The van der Waals surface area contributed by atoms with Crippen molar-refractivity contribution in [3.8, 4) is 11.1 Å². The lowest BCUT2D eigenvalue weighted by Crippen LogP contribution is -2.36. The fourth-order valence-corrected chi connectivity index (χ4v) is 4.70. The molecular formula is C24H29N7O. The maximum absolute atomic E-state index is 12.7. The van der Waals surface area contributed by atoms with E-state index < -0.39 is 0 Å². The second-order valence-corrected chi connectivity index (χ2v) is 9.05. The van der Waals surface area contributed by atoms with Crippen molar-refractivity contribution in [1.29, 1.82) is 0 Å². The van der Waals surface area contributed by atoms with Gasteiger partial charge in [-0.25, -0.2) is 15.0 Å². The lowest BCUT2D eigenvalue weighted by atomic mass is 9.96. The van der Waals surface area contributed by atoms with E-state index >= 15 is 0 Å². The topological polar surface area (TPSA) is 91.7 Å². The van der Waals surface area contributed by atoms with Crippen LogP contribution < -0.4 is 5.32 Å². The van der Waals surface area contributed by atoms with Gasteiger partial charge in [0.2, 0.25) is 5.91 Å². The van der Waals surface area contributed by atoms with Gasteiger partial charge in [0.1, 0.15) is 17.3 Å². The van der Waals surface area contributed by atoms with Crippen LogP contribution in [-0.4, -0.2) is 55.4 Å². The van der Waals surface area contributed by atoms with Crippen LogP contribution in [-0.2, 0) is 4.79 Å². The van der Waals surface area contributed by atoms with E-state index in [1.54, 1.807) is 0 Å². The summed E-state index contributed by atoms with van der Waals surface area (Å²) < 4.78 is 2.20. The Bertz CT molecular complexity index is 1290. The Hall–Kier alpha value is -3.26. The van der Waals surface area contributed by atoms with Crippen LogP contribution in [0.1, 0.15) is 38.6 Å². The number of fused-ring (bicyclic) bond motifs is 2. The van der Waals surface area contributed by atoms with Crippen LogP contribution in [0.3, 0.4) is 0 Å². The monoisotopic (exact) mass is 431 g/mol. The molecule has 1 aliphatic heterocycles. The number of nitrogens with one attached hydrogen (secondary N) is 2. The van der Waals surface area contributed by atoms with E-state index in [0.29, 0.717) is 11.9 Å². The number of hydrogen-bond donors (Lipinski definition) is 2. The highest BCUT2D eigenvalue weighted by Crippen LogP contribution is 2.31. The first-order valence-electron chi connectivity index (χ1n) is 11.2. The van der Waals surface area contributed by atoms with E-state index in [-0.39, 0.29) is 11.8 Å². The summed E-state index contributed by atoms with van der Waals surface area (Å²) in [6.07, 6.45) is 5.59. The first-order chi connectivity index (χ1) is 15.4. The summed E-state index contributed by atoms with van der Waals surface area (Å²) >= 11 is 0. The molecule has 0 aliphatic carbocycles. The molecule has 5 rings (SSSR count). The Morgan fingerprint density at radius 1 is 1.22 bits per heavy atom. The molecule has 1 saturated heterocycles. The van der Waals surface area contributed by atoms with E-state index in [2.05, 4.69) is 61.7 Å². The lowest BCUT2D eigenvalue weighted by Gasteiger charge is -2.27.